The number of aromatic nitrogens is 4. The first-order valence-corrected chi connectivity index (χ1v) is 10.3. The van der Waals surface area contributed by atoms with E-state index in [0.29, 0.717) is 29.1 Å². The minimum Gasteiger partial charge on any atom is -0.494 e. The van der Waals surface area contributed by atoms with Crippen molar-refractivity contribution in [3.8, 4) is 11.4 Å². The van der Waals surface area contributed by atoms with Crippen molar-refractivity contribution in [3.63, 3.8) is 0 Å². The van der Waals surface area contributed by atoms with Crippen molar-refractivity contribution in [3.05, 3.63) is 50.3 Å². The Kier molecular flexibility index (Phi) is 5.13. The summed E-state index contributed by atoms with van der Waals surface area (Å²) in [6.07, 6.45) is 0. The molecule has 28 heavy (non-hydrogen) atoms. The van der Waals surface area contributed by atoms with Crippen LogP contribution in [-0.4, -0.2) is 33.7 Å². The first kappa shape index (κ1) is 19.0. The Balaban J connectivity index is 1.94. The van der Waals surface area contributed by atoms with Crippen molar-refractivity contribution in [2.45, 2.75) is 20.5 Å². The molecule has 0 unspecified atom stereocenters. The van der Waals surface area contributed by atoms with E-state index in [-0.39, 0.29) is 5.56 Å². The van der Waals surface area contributed by atoms with Gasteiger partial charge in [0, 0.05) is 22.5 Å². The number of rotatable bonds is 5. The number of hydrogen-bond donors (Lipinski definition) is 0. The smallest absolute Gasteiger partial charge is 0.292 e. The first-order valence-electron chi connectivity index (χ1n) is 8.64. The zero-order valence-electron chi connectivity index (χ0n) is 15.5. The highest BCUT2D eigenvalue weighted by Crippen LogP contribution is 2.36. The maximum atomic E-state index is 13.1. The zero-order valence-corrected chi connectivity index (χ0v) is 17.9. The topological polar surface area (TPSA) is 79.1 Å². The number of thiophene rings is 1. The third kappa shape index (κ3) is 3.09. The summed E-state index contributed by atoms with van der Waals surface area (Å²) in [6.45, 7) is 4.80. The quantitative estimate of drug-likeness (QED) is 0.447. The third-order valence-corrected chi connectivity index (χ3v) is 6.43. The van der Waals surface area contributed by atoms with Gasteiger partial charge in [-0.25, -0.2) is 4.98 Å². The van der Waals surface area contributed by atoms with Crippen molar-refractivity contribution in [1.29, 1.82) is 0 Å². The van der Waals surface area contributed by atoms with Crippen LogP contribution in [0.5, 0.6) is 5.75 Å². The summed E-state index contributed by atoms with van der Waals surface area (Å²) >= 11 is 4.90. The summed E-state index contributed by atoms with van der Waals surface area (Å²) in [5, 5.41) is 9.33. The van der Waals surface area contributed by atoms with Gasteiger partial charge < -0.3 is 9.47 Å². The molecule has 3 aromatic heterocycles. The molecular weight excluding hydrogens is 444 g/mol. The molecule has 7 nitrogen and oxygen atoms in total. The molecule has 1 aromatic carbocycles. The van der Waals surface area contributed by atoms with Gasteiger partial charge in [0.2, 0.25) is 0 Å². The van der Waals surface area contributed by atoms with Gasteiger partial charge in [-0.05, 0) is 54.0 Å². The van der Waals surface area contributed by atoms with Gasteiger partial charge in [-0.15, -0.1) is 16.4 Å². The number of aryl methyl sites for hydroxylation is 1. The summed E-state index contributed by atoms with van der Waals surface area (Å²) in [7, 11) is 1.63. The number of fused-ring (bicyclic) bond motifs is 3. The second-order valence-electron chi connectivity index (χ2n) is 6.12. The molecule has 0 radical (unpaired) electrons. The van der Waals surface area contributed by atoms with E-state index in [1.165, 1.54) is 16.0 Å². The Morgan fingerprint density at radius 3 is 2.68 bits per heavy atom. The Morgan fingerprint density at radius 1 is 1.25 bits per heavy atom. The maximum Gasteiger partial charge on any atom is 0.292 e. The highest BCUT2D eigenvalue weighted by atomic mass is 79.9. The van der Waals surface area contributed by atoms with Crippen LogP contribution in [0.25, 0.3) is 26.1 Å². The summed E-state index contributed by atoms with van der Waals surface area (Å²) < 4.78 is 13.5. The lowest BCUT2D eigenvalue weighted by atomic mass is 10.1. The summed E-state index contributed by atoms with van der Waals surface area (Å²) in [5.41, 5.74) is 2.71. The van der Waals surface area contributed by atoms with Gasteiger partial charge in [-0.2, -0.15) is 4.68 Å². The van der Waals surface area contributed by atoms with Gasteiger partial charge in [-0.1, -0.05) is 5.21 Å². The number of ether oxygens (including phenoxy) is 2. The van der Waals surface area contributed by atoms with Gasteiger partial charge in [0.25, 0.3) is 5.56 Å². The number of benzene rings is 1. The van der Waals surface area contributed by atoms with E-state index in [4.69, 9.17) is 9.47 Å². The number of halogens is 1. The van der Waals surface area contributed by atoms with Crippen LogP contribution in [0.4, 0.5) is 0 Å². The van der Waals surface area contributed by atoms with E-state index in [9.17, 15) is 4.79 Å². The average molecular weight is 461 g/mol. The maximum absolute atomic E-state index is 13.1. The van der Waals surface area contributed by atoms with Gasteiger partial charge >= 0.3 is 0 Å². The molecule has 4 aromatic rings. The molecule has 0 N–H and O–H groups in total. The fourth-order valence-corrected chi connectivity index (χ4v) is 4.57. The minimum atomic E-state index is -0.227. The normalized spacial score (nSPS) is 11.4. The largest absolute Gasteiger partial charge is 0.494 e. The van der Waals surface area contributed by atoms with Gasteiger partial charge in [0.15, 0.2) is 0 Å². The molecule has 0 aliphatic carbocycles. The van der Waals surface area contributed by atoms with Crippen molar-refractivity contribution in [2.24, 2.45) is 0 Å². The molecule has 144 valence electrons. The van der Waals surface area contributed by atoms with Crippen LogP contribution < -0.4 is 10.3 Å². The molecule has 9 heteroatoms. The molecule has 0 aliphatic heterocycles. The minimum absolute atomic E-state index is 0.227. The lowest BCUT2D eigenvalue weighted by Crippen LogP contribution is -2.21. The van der Waals surface area contributed by atoms with Crippen LogP contribution >= 0.6 is 27.3 Å². The van der Waals surface area contributed by atoms with Gasteiger partial charge in [-0.3, -0.25) is 4.79 Å². The number of hydrogen-bond acceptors (Lipinski definition) is 7. The summed E-state index contributed by atoms with van der Waals surface area (Å²) in [6, 6.07) is 7.19. The number of pyridine rings is 1. The van der Waals surface area contributed by atoms with Crippen LogP contribution in [0.1, 0.15) is 18.2 Å². The van der Waals surface area contributed by atoms with E-state index in [1.807, 2.05) is 13.8 Å². The fourth-order valence-electron chi connectivity index (χ4n) is 3.06. The molecule has 3 heterocycles. The molecule has 4 rings (SSSR count). The number of nitrogens with zero attached hydrogens (tertiary/aromatic N) is 4. The van der Waals surface area contributed by atoms with Crippen LogP contribution in [0, 0.1) is 6.92 Å². The van der Waals surface area contributed by atoms with Crippen molar-refractivity contribution in [1.82, 2.24) is 20.0 Å². The standard InChI is InChI=1S/C19H17BrN4O3S/c1-4-27-12-7-5-11(6-8-12)24-19(25)17-16(22-23-24)14-13(9-26-3)15(20)10(2)21-18(14)28-17/h5-8H,4,9H2,1-3H3. The average Bonchev–Trinajstić information content (AvgIpc) is 3.06. The Hall–Kier alpha value is -2.36. The zero-order chi connectivity index (χ0) is 19.8. The van der Waals surface area contributed by atoms with E-state index in [1.54, 1.807) is 31.4 Å². The SMILES string of the molecule is CCOc1ccc(-n2nnc3c(sc4nc(C)c(Br)c(COC)c43)c2=O)cc1. The summed E-state index contributed by atoms with van der Waals surface area (Å²) in [5.74, 6) is 0.740. The van der Waals surface area contributed by atoms with Crippen LogP contribution in [0.3, 0.4) is 0 Å². The van der Waals surface area contributed by atoms with E-state index < -0.39 is 0 Å². The molecule has 0 aliphatic rings. The molecule has 0 saturated heterocycles. The van der Waals surface area contributed by atoms with Crippen molar-refractivity contribution >= 4 is 47.7 Å². The predicted molar refractivity (Wildman–Crippen MR) is 113 cm³/mol. The molecule has 0 bridgehead atoms. The van der Waals surface area contributed by atoms with E-state index in [0.717, 1.165) is 31.7 Å². The van der Waals surface area contributed by atoms with E-state index >= 15 is 0 Å². The fraction of sp³-hybridized carbons (Fsp3) is 0.263. The predicted octanol–water partition coefficient (Wildman–Crippen LogP) is 4.01. The summed E-state index contributed by atoms with van der Waals surface area (Å²) in [4.78, 5) is 18.5. The van der Waals surface area contributed by atoms with Crippen LogP contribution in [-0.2, 0) is 11.3 Å². The molecule has 0 atom stereocenters. The second-order valence-corrected chi connectivity index (χ2v) is 7.91. The van der Waals surface area contributed by atoms with Crippen LogP contribution in [0.15, 0.2) is 33.5 Å². The lowest BCUT2D eigenvalue weighted by Gasteiger charge is -2.08. The lowest BCUT2D eigenvalue weighted by molar-refractivity contribution is 0.185. The highest BCUT2D eigenvalue weighted by molar-refractivity contribution is 9.10. The van der Waals surface area contributed by atoms with Crippen molar-refractivity contribution < 1.29 is 9.47 Å². The first-order chi connectivity index (χ1) is 13.5. The number of methoxy groups -OCH3 is 1. The Bertz CT molecular complexity index is 1230. The van der Waals surface area contributed by atoms with E-state index in [2.05, 4.69) is 31.2 Å². The van der Waals surface area contributed by atoms with Gasteiger partial charge in [0.1, 0.15) is 20.8 Å². The highest BCUT2D eigenvalue weighted by Gasteiger charge is 2.20. The van der Waals surface area contributed by atoms with Gasteiger partial charge in [0.05, 0.1) is 24.6 Å². The third-order valence-electron chi connectivity index (χ3n) is 4.32. The molecular formula is C19H17BrN4O3S. The monoisotopic (exact) mass is 460 g/mol. The molecule has 0 fully saturated rings. The molecule has 0 spiro atoms. The Morgan fingerprint density at radius 2 is 2.00 bits per heavy atom. The molecule has 0 amide bonds. The molecule has 0 saturated carbocycles. The Labute approximate surface area is 173 Å². The van der Waals surface area contributed by atoms with Crippen LogP contribution in [0.2, 0.25) is 0 Å². The second kappa shape index (κ2) is 7.57. The van der Waals surface area contributed by atoms with Crippen molar-refractivity contribution in [2.75, 3.05) is 13.7 Å².